The molecule has 0 radical (unpaired) electrons. The van der Waals surface area contributed by atoms with Crippen molar-refractivity contribution >= 4 is 23.4 Å². The number of halogens is 1. The van der Waals surface area contributed by atoms with E-state index in [1.165, 1.54) is 4.09 Å². The first-order chi connectivity index (χ1) is 7.17. The van der Waals surface area contributed by atoms with Crippen molar-refractivity contribution in [3.8, 4) is 0 Å². The van der Waals surface area contributed by atoms with Gasteiger partial charge in [-0.25, -0.2) is 5.32 Å². The zero-order chi connectivity index (χ0) is 11.3. The van der Waals surface area contributed by atoms with Crippen molar-refractivity contribution in [2.45, 2.75) is 13.5 Å². The zero-order valence-corrected chi connectivity index (χ0v) is 9.46. The fourth-order valence-electron chi connectivity index (χ4n) is 1.15. The average molecular weight is 228 g/mol. The number of nitrogens with two attached hydrogens (primary N) is 2. The van der Waals surface area contributed by atoms with Crippen molar-refractivity contribution in [3.05, 3.63) is 29.8 Å². The second kappa shape index (κ2) is 5.58. The lowest BCUT2D eigenvalue weighted by molar-refractivity contribution is -0.368. The Balaban J connectivity index is 2.81. The molecule has 1 aromatic carbocycles. The maximum absolute atomic E-state index is 5.82. The number of hydrogen-bond acceptors (Lipinski definition) is 1. The molecule has 0 aliphatic rings. The van der Waals surface area contributed by atoms with E-state index in [1.807, 2.05) is 31.2 Å². The van der Waals surface area contributed by atoms with E-state index in [1.54, 1.807) is 0 Å². The first-order valence-electron chi connectivity index (χ1n) is 4.79. The third kappa shape index (κ3) is 3.42. The van der Waals surface area contributed by atoms with Crippen LogP contribution in [0.15, 0.2) is 24.3 Å². The third-order valence-corrected chi connectivity index (χ3v) is 2.40. The molecule has 5 heteroatoms. The SMILES string of the molecule is CC[N+](Cl)=C(N)Nc1cccc(CN)c1. The molecule has 0 saturated carbocycles. The Morgan fingerprint density at radius 2 is 2.27 bits per heavy atom. The molecule has 0 aromatic heterocycles. The molecule has 0 atom stereocenters. The molecule has 82 valence electrons. The van der Waals surface area contributed by atoms with E-state index in [4.69, 9.17) is 23.2 Å². The minimum absolute atomic E-state index is 0.410. The second-order valence-electron chi connectivity index (χ2n) is 3.09. The van der Waals surface area contributed by atoms with Crippen molar-refractivity contribution in [2.24, 2.45) is 11.5 Å². The summed E-state index contributed by atoms with van der Waals surface area (Å²) in [6, 6.07) is 7.72. The van der Waals surface area contributed by atoms with E-state index in [9.17, 15) is 0 Å². The summed E-state index contributed by atoms with van der Waals surface area (Å²) in [5.74, 6) is 0.410. The minimum Gasteiger partial charge on any atom is -0.326 e. The van der Waals surface area contributed by atoms with Gasteiger partial charge in [-0.2, -0.15) is 4.09 Å². The van der Waals surface area contributed by atoms with Gasteiger partial charge in [-0.3, -0.25) is 5.73 Å². The lowest BCUT2D eigenvalue weighted by Gasteiger charge is -2.03. The van der Waals surface area contributed by atoms with Crippen molar-refractivity contribution in [1.82, 2.24) is 0 Å². The predicted molar refractivity (Wildman–Crippen MR) is 63.8 cm³/mol. The summed E-state index contributed by atoms with van der Waals surface area (Å²) in [6.07, 6.45) is 0. The van der Waals surface area contributed by atoms with Gasteiger partial charge in [-0.05, 0) is 24.6 Å². The molecular formula is C10H16ClN4+. The largest absolute Gasteiger partial charge is 0.365 e. The Hall–Kier alpha value is -1.26. The summed E-state index contributed by atoms with van der Waals surface area (Å²) < 4.78 is 1.41. The van der Waals surface area contributed by atoms with Gasteiger partial charge < -0.3 is 5.73 Å². The average Bonchev–Trinajstić information content (AvgIpc) is 2.28. The van der Waals surface area contributed by atoms with Crippen LogP contribution < -0.4 is 16.8 Å². The van der Waals surface area contributed by atoms with Gasteiger partial charge in [0.2, 0.25) is 0 Å². The van der Waals surface area contributed by atoms with Crippen LogP contribution in [0.5, 0.6) is 0 Å². The van der Waals surface area contributed by atoms with Gasteiger partial charge in [0.25, 0.3) is 0 Å². The Kier molecular flexibility index (Phi) is 4.39. The number of hydrogen-bond donors (Lipinski definition) is 3. The summed E-state index contributed by atoms with van der Waals surface area (Å²) in [5.41, 5.74) is 13.2. The normalized spacial score (nSPS) is 12.2. The van der Waals surface area contributed by atoms with Crippen LogP contribution in [0.4, 0.5) is 5.69 Å². The Bertz CT molecular complexity index is 362. The fraction of sp³-hybridized carbons (Fsp3) is 0.300. The molecule has 4 nitrogen and oxygen atoms in total. The Labute approximate surface area is 94.6 Å². The van der Waals surface area contributed by atoms with Crippen LogP contribution in [0.1, 0.15) is 12.5 Å². The van der Waals surface area contributed by atoms with Crippen LogP contribution in [0.2, 0.25) is 0 Å². The number of anilines is 1. The highest BCUT2D eigenvalue weighted by Crippen LogP contribution is 2.09. The van der Waals surface area contributed by atoms with E-state index < -0.39 is 0 Å². The summed E-state index contributed by atoms with van der Waals surface area (Å²) in [7, 11) is 0. The number of rotatable bonds is 3. The smallest absolute Gasteiger partial charge is 0.326 e. The van der Waals surface area contributed by atoms with Crippen molar-refractivity contribution in [2.75, 3.05) is 11.9 Å². The summed E-state index contributed by atoms with van der Waals surface area (Å²) >= 11 is 5.82. The van der Waals surface area contributed by atoms with E-state index in [0.29, 0.717) is 19.0 Å². The van der Waals surface area contributed by atoms with Crippen molar-refractivity contribution in [1.29, 1.82) is 0 Å². The molecule has 1 aromatic rings. The van der Waals surface area contributed by atoms with E-state index in [2.05, 4.69) is 5.32 Å². The monoisotopic (exact) mass is 227 g/mol. The summed E-state index contributed by atoms with van der Waals surface area (Å²) in [4.78, 5) is 0. The number of benzene rings is 1. The molecule has 0 aliphatic heterocycles. The standard InChI is InChI=1S/C10H15ClN4/c1-2-15(11)10(13)14-9-5-3-4-8(6-9)7-12/h3-6H,2,7,12H2,1H3,(H2,13,14)/p+1. The molecule has 1 rings (SSSR count). The minimum atomic E-state index is 0.410. The van der Waals surface area contributed by atoms with Gasteiger partial charge in [0.05, 0.1) is 24.0 Å². The molecular weight excluding hydrogens is 212 g/mol. The van der Waals surface area contributed by atoms with Gasteiger partial charge in [0.15, 0.2) is 0 Å². The number of nitrogens with zero attached hydrogens (tertiary/aromatic N) is 1. The first-order valence-corrected chi connectivity index (χ1v) is 5.13. The number of nitrogens with one attached hydrogen (secondary N) is 1. The van der Waals surface area contributed by atoms with Crippen LogP contribution in [0.3, 0.4) is 0 Å². The second-order valence-corrected chi connectivity index (χ2v) is 3.50. The quantitative estimate of drug-likeness (QED) is 0.411. The van der Waals surface area contributed by atoms with Gasteiger partial charge in [-0.15, -0.1) is 0 Å². The van der Waals surface area contributed by atoms with Crippen LogP contribution in [-0.4, -0.2) is 16.6 Å². The van der Waals surface area contributed by atoms with Gasteiger partial charge in [-0.1, -0.05) is 12.1 Å². The van der Waals surface area contributed by atoms with Gasteiger partial charge >= 0.3 is 5.96 Å². The lowest BCUT2D eigenvalue weighted by Crippen LogP contribution is -2.30. The van der Waals surface area contributed by atoms with Crippen molar-refractivity contribution < 1.29 is 4.09 Å². The first kappa shape index (κ1) is 11.8. The molecule has 5 N–H and O–H groups in total. The molecule has 0 spiro atoms. The molecule has 0 unspecified atom stereocenters. The molecule has 0 bridgehead atoms. The molecule has 15 heavy (non-hydrogen) atoms. The zero-order valence-electron chi connectivity index (χ0n) is 8.70. The molecule has 0 aliphatic carbocycles. The van der Waals surface area contributed by atoms with E-state index >= 15 is 0 Å². The molecule has 0 heterocycles. The molecule has 0 saturated heterocycles. The van der Waals surface area contributed by atoms with Crippen LogP contribution in [0.25, 0.3) is 0 Å². The maximum Gasteiger partial charge on any atom is 0.365 e. The fourth-order valence-corrected chi connectivity index (χ4v) is 1.20. The van der Waals surface area contributed by atoms with Crippen LogP contribution in [-0.2, 0) is 6.54 Å². The van der Waals surface area contributed by atoms with E-state index in [0.717, 1.165) is 11.3 Å². The Morgan fingerprint density at radius 1 is 1.53 bits per heavy atom. The summed E-state index contributed by atoms with van der Waals surface area (Å²) in [6.45, 7) is 3.06. The Morgan fingerprint density at radius 3 is 2.87 bits per heavy atom. The lowest BCUT2D eigenvalue weighted by atomic mass is 10.2. The summed E-state index contributed by atoms with van der Waals surface area (Å²) in [5, 5.41) is 3.00. The highest BCUT2D eigenvalue weighted by Gasteiger charge is 2.05. The topological polar surface area (TPSA) is 67.1 Å². The maximum atomic E-state index is 5.82. The third-order valence-electron chi connectivity index (χ3n) is 1.97. The van der Waals surface area contributed by atoms with Crippen LogP contribution in [0, 0.1) is 0 Å². The highest BCUT2D eigenvalue weighted by molar-refractivity contribution is 6.09. The van der Waals surface area contributed by atoms with Gasteiger partial charge in [0, 0.05) is 6.54 Å². The predicted octanol–water partition coefficient (Wildman–Crippen LogP) is 1.06. The van der Waals surface area contributed by atoms with Crippen molar-refractivity contribution in [3.63, 3.8) is 0 Å². The molecule has 0 amide bonds. The highest BCUT2D eigenvalue weighted by atomic mass is 35.5. The molecule has 0 fully saturated rings. The van der Waals surface area contributed by atoms with E-state index in [-0.39, 0.29) is 0 Å². The number of guanidine groups is 1. The van der Waals surface area contributed by atoms with Gasteiger partial charge in [0.1, 0.15) is 0 Å². The van der Waals surface area contributed by atoms with Crippen LogP contribution >= 0.6 is 11.8 Å².